The summed E-state index contributed by atoms with van der Waals surface area (Å²) >= 11 is -2.12. The number of aryl methyl sites for hydroxylation is 6. The number of anilines is 2. The van der Waals surface area contributed by atoms with Crippen LogP contribution in [0.15, 0.2) is 52.7 Å². The van der Waals surface area contributed by atoms with Crippen LogP contribution in [0.25, 0.3) is 0 Å². The molecule has 2 unspecified atom stereocenters. The third-order valence-electron chi connectivity index (χ3n) is 8.64. The Kier molecular flexibility index (Phi) is 13.6. The molecule has 270 valence electrons. The molecule has 2 atom stereocenters. The zero-order valence-electron chi connectivity index (χ0n) is 29.8. The van der Waals surface area contributed by atoms with Crippen molar-refractivity contribution >= 4 is 51.6 Å². The van der Waals surface area contributed by atoms with E-state index >= 15 is 0 Å². The van der Waals surface area contributed by atoms with Gasteiger partial charge in [0.2, 0.25) is 0 Å². The van der Waals surface area contributed by atoms with Crippen molar-refractivity contribution in [2.45, 2.75) is 84.5 Å². The normalized spacial score (nSPS) is 20.2. The van der Waals surface area contributed by atoms with E-state index in [1.165, 1.54) is 51.9 Å². The van der Waals surface area contributed by atoms with Crippen LogP contribution in [0.4, 0.5) is 11.4 Å². The van der Waals surface area contributed by atoms with Crippen molar-refractivity contribution in [1.82, 2.24) is 0 Å². The molecular formula is C37H48Cl2N3O5RuS-. The molecule has 0 radical (unpaired) electrons. The molecule has 2 fully saturated rings. The number of halogens is 2. The maximum absolute atomic E-state index is 12.3. The zero-order chi connectivity index (χ0) is 36.0. The van der Waals surface area contributed by atoms with E-state index in [4.69, 9.17) is 33.1 Å². The smallest absolute Gasteiger partial charge is 0.0146 e. The average Bonchev–Trinajstić information content (AvgIpc) is 3.65. The molecule has 0 amide bonds. The van der Waals surface area contributed by atoms with Gasteiger partial charge in [-0.2, -0.15) is 6.67 Å². The van der Waals surface area contributed by atoms with E-state index in [-0.39, 0.29) is 6.10 Å². The van der Waals surface area contributed by atoms with Crippen LogP contribution >= 0.6 is 29.7 Å². The number of rotatable bonds is 9. The van der Waals surface area contributed by atoms with Crippen molar-refractivity contribution in [2.75, 3.05) is 35.8 Å². The molecule has 0 N–H and O–H groups in total. The number of carbonyl (C=O) groups is 1. The largest absolute Gasteiger partial charge is 0.502 e. The Morgan fingerprint density at radius 2 is 1.47 bits per heavy atom. The summed E-state index contributed by atoms with van der Waals surface area (Å²) in [7, 11) is 11.2. The molecule has 0 aromatic heterocycles. The standard InChI is InChI=1S/C21H27N2.C16H21NO5S.2ClH.Ru/c1-14-9-16(3)20(17(4)10-14)22-7-8-23(13-22)21-18(5)11-15(2)12-19(21)6;1-11(2)21-14-8-7-13(10-12(14)3)23(22-17-19)9-5-6-15(23)16(18)20-4;;;/h9-13H,7-8H2,1-6H3;3,7-8,10-11,15H,5-6,9H2,1-2,4H3;2*1H;/q-1;;;;+2/p-2. The molecule has 0 aliphatic carbocycles. The third kappa shape index (κ3) is 9.18. The summed E-state index contributed by atoms with van der Waals surface area (Å²) in [6, 6.07) is 14.6. The van der Waals surface area contributed by atoms with Crippen molar-refractivity contribution in [3.63, 3.8) is 0 Å². The van der Waals surface area contributed by atoms with Gasteiger partial charge in [-0.25, -0.2) is 0 Å². The Balaban J connectivity index is 0.000000222. The fourth-order valence-corrected chi connectivity index (χ4v) is 12.2. The van der Waals surface area contributed by atoms with Crippen LogP contribution in [0.3, 0.4) is 0 Å². The number of benzene rings is 3. The number of carbonyl (C=O) groups excluding carboxylic acids is 1. The molecule has 0 bridgehead atoms. The first-order valence-corrected chi connectivity index (χ1v) is 23.5. The van der Waals surface area contributed by atoms with Crippen molar-refractivity contribution < 1.29 is 32.1 Å². The van der Waals surface area contributed by atoms with Crippen LogP contribution in [0.2, 0.25) is 0 Å². The molecule has 0 saturated carbocycles. The van der Waals surface area contributed by atoms with Crippen molar-refractivity contribution in [3.8, 4) is 5.75 Å². The second-order valence-electron chi connectivity index (χ2n) is 12.9. The molecule has 2 aliphatic rings. The SMILES string of the molecule is COC(=O)C1CCCS1(ON=O)c1ccc(OC(C)C)c([CH]=[Ru]([Cl])[Cl])c1.Cc1cc(C)c(N2[CH-]N(c3c(C)cc(C)cc3C)CC2)c(C)c1. The summed E-state index contributed by atoms with van der Waals surface area (Å²) in [4.78, 5) is 28.8. The van der Waals surface area contributed by atoms with E-state index in [1.54, 1.807) is 10.7 Å². The minimum absolute atomic E-state index is 0.0252. The minimum atomic E-state index is -2.25. The van der Waals surface area contributed by atoms with E-state index in [1.807, 2.05) is 26.0 Å². The summed E-state index contributed by atoms with van der Waals surface area (Å²) in [5.41, 5.74) is 11.6. The van der Waals surface area contributed by atoms with Crippen LogP contribution < -0.4 is 14.5 Å². The van der Waals surface area contributed by atoms with Crippen LogP contribution in [-0.4, -0.2) is 47.9 Å². The topological polar surface area (TPSA) is 80.7 Å². The Morgan fingerprint density at radius 3 is 1.92 bits per heavy atom. The van der Waals surface area contributed by atoms with Crippen LogP contribution in [-0.2, 0) is 27.3 Å². The molecule has 49 heavy (non-hydrogen) atoms. The van der Waals surface area contributed by atoms with E-state index in [2.05, 4.69) is 87.6 Å². The molecule has 2 heterocycles. The number of methoxy groups -OCH3 is 1. The summed E-state index contributed by atoms with van der Waals surface area (Å²) in [5, 5.41) is 2.16. The fraction of sp³-hybridized carbons (Fsp3) is 0.432. The molecule has 3 aromatic rings. The summed E-state index contributed by atoms with van der Waals surface area (Å²) in [6.45, 7) is 21.4. The van der Waals surface area contributed by atoms with Crippen molar-refractivity contribution in [1.29, 1.82) is 0 Å². The molecule has 8 nitrogen and oxygen atoms in total. The van der Waals surface area contributed by atoms with Crippen LogP contribution in [0.5, 0.6) is 5.75 Å². The number of nitrogens with zero attached hydrogens (tertiary/aromatic N) is 3. The average molecular weight is 819 g/mol. The van der Waals surface area contributed by atoms with Gasteiger partial charge in [0.1, 0.15) is 0 Å². The predicted molar refractivity (Wildman–Crippen MR) is 202 cm³/mol. The van der Waals surface area contributed by atoms with E-state index in [0.717, 1.165) is 30.0 Å². The van der Waals surface area contributed by atoms with Crippen LogP contribution in [0.1, 0.15) is 65.6 Å². The van der Waals surface area contributed by atoms with Crippen molar-refractivity contribution in [3.05, 3.63) is 93.0 Å². The Hall–Kier alpha value is -2.65. The van der Waals surface area contributed by atoms with Crippen LogP contribution in [0, 0.1) is 53.1 Å². The summed E-state index contributed by atoms with van der Waals surface area (Å²) in [6.07, 6.45) is 1.31. The molecule has 2 saturated heterocycles. The second kappa shape index (κ2) is 17.0. The van der Waals surface area contributed by atoms with E-state index in [9.17, 15) is 9.70 Å². The second-order valence-corrected chi connectivity index (χ2v) is 21.7. The van der Waals surface area contributed by atoms with Gasteiger partial charge < -0.3 is 9.80 Å². The monoisotopic (exact) mass is 818 g/mol. The van der Waals surface area contributed by atoms with Gasteiger partial charge in [-0.05, 0) is 63.8 Å². The van der Waals surface area contributed by atoms with Gasteiger partial charge in [-0.1, -0.05) is 35.4 Å². The quantitative estimate of drug-likeness (QED) is 0.0700. The van der Waals surface area contributed by atoms with Gasteiger partial charge in [0, 0.05) is 24.5 Å². The molecule has 12 heteroatoms. The number of esters is 1. The maximum atomic E-state index is 12.3. The van der Waals surface area contributed by atoms with Gasteiger partial charge >= 0.3 is 168 Å². The maximum Gasteiger partial charge on any atom is 0.0146 e. The van der Waals surface area contributed by atoms with Crippen molar-refractivity contribution in [2.24, 2.45) is 5.34 Å². The number of hydrogen-bond donors (Lipinski definition) is 0. The van der Waals surface area contributed by atoms with Gasteiger partial charge in [-0.15, -0.1) is 0 Å². The summed E-state index contributed by atoms with van der Waals surface area (Å²) < 4.78 is 17.8. The Morgan fingerprint density at radius 1 is 0.939 bits per heavy atom. The summed E-state index contributed by atoms with van der Waals surface area (Å²) in [5.74, 6) is 0.812. The third-order valence-corrected chi connectivity index (χ3v) is 14.1. The number of ether oxygens (including phenoxy) is 2. The Bertz CT molecular complexity index is 1610. The zero-order valence-corrected chi connectivity index (χ0v) is 33.9. The fourth-order valence-electron chi connectivity index (χ4n) is 7.04. The van der Waals surface area contributed by atoms with E-state index in [0.29, 0.717) is 17.9 Å². The van der Waals surface area contributed by atoms with Gasteiger partial charge in [0.05, 0.1) is 0 Å². The minimum Gasteiger partial charge on any atom is -0.502 e. The predicted octanol–water partition coefficient (Wildman–Crippen LogP) is 9.64. The van der Waals surface area contributed by atoms with Gasteiger partial charge in [0.15, 0.2) is 0 Å². The molecule has 2 aliphatic heterocycles. The molecule has 0 spiro atoms. The first kappa shape index (κ1) is 39.1. The first-order chi connectivity index (χ1) is 23.2. The Labute approximate surface area is 306 Å². The van der Waals surface area contributed by atoms with E-state index < -0.39 is 35.0 Å². The molecular weight excluding hydrogens is 770 g/mol. The number of hydrogen-bond acceptors (Lipinski definition) is 8. The first-order valence-electron chi connectivity index (χ1n) is 16.3. The molecule has 5 rings (SSSR count). The van der Waals surface area contributed by atoms with Gasteiger partial charge in [0.25, 0.3) is 0 Å². The molecule has 3 aromatic carbocycles. The van der Waals surface area contributed by atoms with Gasteiger partial charge in [-0.3, -0.25) is 0 Å².